The molecule has 4 rings (SSSR count). The highest BCUT2D eigenvalue weighted by Gasteiger charge is 2.53. The van der Waals surface area contributed by atoms with Crippen molar-refractivity contribution in [2.75, 3.05) is 0 Å². The van der Waals surface area contributed by atoms with Gasteiger partial charge in [-0.3, -0.25) is 4.79 Å². The zero-order valence-electron chi connectivity index (χ0n) is 21.9. The Balaban J connectivity index is 2.09. The molecule has 0 aliphatic carbocycles. The number of halogens is 3. The molecule has 0 spiro atoms. The summed E-state index contributed by atoms with van der Waals surface area (Å²) in [4.78, 5) is 22.5. The maximum absolute atomic E-state index is 14.3. The van der Waals surface area contributed by atoms with Crippen LogP contribution in [-0.2, 0) is 5.34 Å². The molecule has 2 heterocycles. The number of hydrogen-bond donors (Lipinski definition) is 0. The molecule has 3 aromatic rings. The molecule has 6 nitrogen and oxygen atoms in total. The molecule has 1 aliphatic heterocycles. The quantitative estimate of drug-likeness (QED) is 0.307. The highest BCUT2D eigenvalue weighted by atomic mass is 19.4. The van der Waals surface area contributed by atoms with Crippen molar-refractivity contribution in [2.24, 2.45) is 0 Å². The van der Waals surface area contributed by atoms with Crippen LogP contribution in [0.2, 0.25) is 0 Å². The second-order valence-corrected chi connectivity index (χ2v) is 9.49. The molecule has 0 fully saturated rings. The van der Waals surface area contributed by atoms with Crippen molar-refractivity contribution in [2.45, 2.75) is 22.4 Å². The van der Waals surface area contributed by atoms with Gasteiger partial charge in [-0.25, -0.2) is 9.97 Å². The average Bonchev–Trinajstić information content (AvgIpc) is 2.95. The number of benzene rings is 2. The van der Waals surface area contributed by atoms with E-state index in [-0.39, 0.29) is 5.82 Å². The number of ether oxygens (including phenoxy) is 2. The Bertz CT molecular complexity index is 1630. The van der Waals surface area contributed by atoms with Gasteiger partial charge in [-0.05, 0) is 22.5 Å². The lowest BCUT2D eigenvalue weighted by molar-refractivity contribution is -0.273. The van der Waals surface area contributed by atoms with Crippen molar-refractivity contribution in [3.8, 4) is 22.6 Å². The Morgan fingerprint density at radius 3 is 1.70 bits per heavy atom. The van der Waals surface area contributed by atoms with Gasteiger partial charge in [0.15, 0.2) is 0 Å². The summed E-state index contributed by atoms with van der Waals surface area (Å²) in [7, 11) is 80.0. The minimum absolute atomic E-state index is 0.389. The van der Waals surface area contributed by atoms with Crippen molar-refractivity contribution in [3.63, 3.8) is 0 Å². The molecule has 0 N–H and O–H groups in total. The van der Waals surface area contributed by atoms with E-state index >= 15 is 0 Å². The van der Waals surface area contributed by atoms with Crippen LogP contribution in [-0.4, -0.2) is 140 Å². The Hall–Kier alpha value is -2.78. The fraction of sp³-hybridized carbons (Fsp3) is 0.190. The van der Waals surface area contributed by atoms with Gasteiger partial charge in [0.05, 0.1) is 21.3 Å². The molecule has 0 unspecified atom stereocenters. The topological polar surface area (TPSA) is 64.6 Å². The number of fused-ring (bicyclic) bond motifs is 1. The normalized spacial score (nSPS) is 16.2. The first-order valence-corrected chi connectivity index (χ1v) is 11.6. The molecule has 2 aromatic carbocycles. The minimum Gasteiger partial charge on any atom is -0.506 e. The first-order valence-electron chi connectivity index (χ1n) is 11.6. The predicted molar refractivity (Wildman–Crippen MR) is 167 cm³/mol. The first-order chi connectivity index (χ1) is 19.6. The third-order valence-electron chi connectivity index (χ3n) is 6.62. The molecule has 180 valence electrons. The third kappa shape index (κ3) is 5.20. The van der Waals surface area contributed by atoms with E-state index < -0.39 is 94.8 Å². The van der Waals surface area contributed by atoms with Crippen molar-refractivity contribution in [1.29, 1.82) is 0 Å². The Labute approximate surface area is 262 Å². The van der Waals surface area contributed by atoms with E-state index in [9.17, 15) is 18.0 Å². The predicted octanol–water partition coefficient (Wildman–Crippen LogP) is -7.44. The van der Waals surface area contributed by atoms with Gasteiger partial charge >= 0.3 is 6.36 Å². The average molecular weight is 543 g/mol. The summed E-state index contributed by atoms with van der Waals surface area (Å²) in [5.41, 5.74) is -6.03. The van der Waals surface area contributed by atoms with Crippen LogP contribution >= 0.6 is 0 Å². The number of hydrogen-bond acceptors (Lipinski definition) is 5. The van der Waals surface area contributed by atoms with Crippen LogP contribution in [0.5, 0.6) is 11.5 Å². The van der Waals surface area contributed by atoms with Crippen molar-refractivity contribution in [1.82, 2.24) is 14.9 Å². The standard InChI is InChI=1S/C21H3B13F3N3O3/c22-7-4(5-9(24)12(27)15(13(28)10(5)25)43-21(35,36)37)8(23)11(26)14-6(7)16(41)40(19(31,32)20(33,34)42-14)18(29,30)17-38-2-1-3-39-17/h1-3H. The zero-order chi connectivity index (χ0) is 32.6. The van der Waals surface area contributed by atoms with E-state index in [1.807, 2.05) is 0 Å². The second-order valence-electron chi connectivity index (χ2n) is 9.49. The molecule has 22 heteroatoms. The molecule has 1 amide bonds. The number of rotatable bonds is 4. The maximum atomic E-state index is 14.3. The lowest BCUT2D eigenvalue weighted by Crippen LogP contribution is -2.74. The number of carbonyl (C=O) groups is 1. The fourth-order valence-electron chi connectivity index (χ4n) is 4.46. The Morgan fingerprint density at radius 2 is 1.21 bits per heavy atom. The van der Waals surface area contributed by atoms with Gasteiger partial charge in [-0.1, -0.05) is 38.2 Å². The minimum atomic E-state index is -5.23. The molecule has 0 bridgehead atoms. The molecular formula is C21H3B13F3N3O3. The van der Waals surface area contributed by atoms with Gasteiger partial charge in [0.1, 0.15) is 104 Å². The maximum Gasteiger partial charge on any atom is 0.573 e. The van der Waals surface area contributed by atoms with Gasteiger partial charge in [-0.2, -0.15) is 0 Å². The van der Waals surface area contributed by atoms with Crippen LogP contribution in [0.1, 0.15) is 16.2 Å². The van der Waals surface area contributed by atoms with Crippen LogP contribution in [0.3, 0.4) is 0 Å². The summed E-state index contributed by atoms with van der Waals surface area (Å²) < 4.78 is 48.6. The van der Waals surface area contributed by atoms with Crippen LogP contribution in [0.25, 0.3) is 11.1 Å². The number of amides is 1. The first kappa shape index (κ1) is 33.1. The van der Waals surface area contributed by atoms with Crippen LogP contribution in [0.15, 0.2) is 18.5 Å². The summed E-state index contributed by atoms with van der Waals surface area (Å²) in [6.45, 7) is 0. The number of alkyl halides is 3. The smallest absolute Gasteiger partial charge is 0.506 e. The van der Waals surface area contributed by atoms with Gasteiger partial charge in [0.25, 0.3) is 5.91 Å². The highest BCUT2D eigenvalue weighted by molar-refractivity contribution is 6.65. The fourth-order valence-corrected chi connectivity index (χ4v) is 4.46. The second kappa shape index (κ2) is 10.7. The van der Waals surface area contributed by atoms with Crippen molar-refractivity contribution in [3.05, 3.63) is 29.8 Å². The SMILES string of the molecule is [B]c1c([B])c(-c2c([B])c([B])c3c(c2[B])C(=O)N(C([B])([B])c2ncccn2)C([B])([B])C([B])([B])O3)c([B])c([B])c1OC(F)(F)F. The van der Waals surface area contributed by atoms with E-state index in [0.717, 1.165) is 0 Å². The molecule has 0 saturated carbocycles. The molecule has 0 saturated heterocycles. The molecule has 1 aliphatic rings. The highest BCUT2D eigenvalue weighted by Crippen LogP contribution is 2.38. The Morgan fingerprint density at radius 1 is 0.744 bits per heavy atom. The molecule has 43 heavy (non-hydrogen) atoms. The Kier molecular flexibility index (Phi) is 8.23. The van der Waals surface area contributed by atoms with Crippen LogP contribution in [0.4, 0.5) is 13.2 Å². The van der Waals surface area contributed by atoms with Gasteiger partial charge in [0.2, 0.25) is 0 Å². The lowest BCUT2D eigenvalue weighted by atomic mass is 9.37. The van der Waals surface area contributed by atoms with Crippen LogP contribution < -0.4 is 47.7 Å². The van der Waals surface area contributed by atoms with E-state index in [4.69, 9.17) is 107 Å². The van der Waals surface area contributed by atoms with Gasteiger partial charge in [-0.15, -0.1) is 13.2 Å². The number of carbonyl (C=O) groups excluding carboxylic acids is 1. The van der Waals surface area contributed by atoms with Crippen molar-refractivity contribution >= 4 is 146 Å². The number of nitrogens with zero attached hydrogens (tertiary/aromatic N) is 3. The lowest BCUT2D eigenvalue weighted by Gasteiger charge is -2.55. The molecule has 26 radical (unpaired) electrons. The van der Waals surface area contributed by atoms with E-state index in [1.165, 1.54) is 18.5 Å². The summed E-state index contributed by atoms with van der Waals surface area (Å²) in [5, 5.41) is -8.03. The van der Waals surface area contributed by atoms with E-state index in [2.05, 4.69) is 14.7 Å². The molecule has 0 atom stereocenters. The summed E-state index contributed by atoms with van der Waals surface area (Å²) >= 11 is 0. The zero-order valence-corrected chi connectivity index (χ0v) is 21.9. The molecule has 1 aromatic heterocycles. The van der Waals surface area contributed by atoms with Gasteiger partial charge < -0.3 is 14.4 Å². The van der Waals surface area contributed by atoms with Crippen LogP contribution in [0, 0.1) is 0 Å². The summed E-state index contributed by atoms with van der Waals surface area (Å²) in [5.74, 6) is -3.41. The molecular weight excluding hydrogens is 540 g/mol. The monoisotopic (exact) mass is 545 g/mol. The largest absolute Gasteiger partial charge is 0.573 e. The number of aromatic nitrogens is 2. The summed E-state index contributed by atoms with van der Waals surface area (Å²) in [6, 6.07) is 1.42. The summed E-state index contributed by atoms with van der Waals surface area (Å²) in [6.07, 6.45) is -2.74. The van der Waals surface area contributed by atoms with E-state index in [0.29, 0.717) is 4.90 Å². The van der Waals surface area contributed by atoms with Crippen molar-refractivity contribution < 1.29 is 27.4 Å². The van der Waals surface area contributed by atoms with E-state index in [1.54, 1.807) is 0 Å². The van der Waals surface area contributed by atoms with Gasteiger partial charge in [0, 0.05) is 23.1 Å². The third-order valence-corrected chi connectivity index (χ3v) is 6.62.